The van der Waals surface area contributed by atoms with E-state index in [1.54, 1.807) is 31.3 Å². The summed E-state index contributed by atoms with van der Waals surface area (Å²) in [4.78, 5) is 31.3. The van der Waals surface area contributed by atoms with Crippen molar-refractivity contribution < 1.29 is 14.0 Å². The normalized spacial score (nSPS) is 19.5. The van der Waals surface area contributed by atoms with Gasteiger partial charge >= 0.3 is 6.01 Å². The van der Waals surface area contributed by atoms with Gasteiger partial charge in [-0.2, -0.15) is 4.99 Å². The Bertz CT molecular complexity index is 1270. The molecule has 0 atom stereocenters. The molecular weight excluding hydrogens is 426 g/mol. The third kappa shape index (κ3) is 3.08. The number of nitrogens with zero attached hydrogens (tertiary/aromatic N) is 4. The van der Waals surface area contributed by atoms with Crippen LogP contribution >= 0.6 is 23.4 Å². The predicted molar refractivity (Wildman–Crippen MR) is 114 cm³/mol. The van der Waals surface area contributed by atoms with Gasteiger partial charge in [0, 0.05) is 23.2 Å². The summed E-state index contributed by atoms with van der Waals surface area (Å²) in [6.07, 6.45) is 0. The van der Waals surface area contributed by atoms with E-state index in [2.05, 4.69) is 20.5 Å². The number of nitrogens with one attached hydrogen (secondary N) is 1. The number of anilines is 1. The topological polar surface area (TPSA) is 101 Å². The molecule has 1 saturated heterocycles. The van der Waals surface area contributed by atoms with Gasteiger partial charge in [-0.05, 0) is 42.1 Å². The highest BCUT2D eigenvalue weighted by Crippen LogP contribution is 2.42. The van der Waals surface area contributed by atoms with Gasteiger partial charge in [-0.25, -0.2) is 0 Å². The number of hydrogen-bond acceptors (Lipinski definition) is 7. The summed E-state index contributed by atoms with van der Waals surface area (Å²) in [5, 5.41) is 11.4. The first-order chi connectivity index (χ1) is 14.5. The lowest BCUT2D eigenvalue weighted by molar-refractivity contribution is -0.116. The van der Waals surface area contributed by atoms with Crippen molar-refractivity contribution in [1.29, 1.82) is 0 Å². The smallest absolute Gasteiger partial charge is 0.345 e. The van der Waals surface area contributed by atoms with Crippen LogP contribution in [-0.2, 0) is 9.59 Å². The third-order valence-electron chi connectivity index (χ3n) is 4.61. The van der Waals surface area contributed by atoms with Crippen LogP contribution in [0.5, 0.6) is 0 Å². The molecule has 30 heavy (non-hydrogen) atoms. The summed E-state index contributed by atoms with van der Waals surface area (Å²) in [7, 11) is 1.68. The van der Waals surface area contributed by atoms with E-state index in [9.17, 15) is 9.59 Å². The highest BCUT2D eigenvalue weighted by atomic mass is 35.5. The van der Waals surface area contributed by atoms with Crippen LogP contribution in [0.15, 0.2) is 62.8 Å². The zero-order chi connectivity index (χ0) is 20.8. The zero-order valence-corrected chi connectivity index (χ0v) is 17.0. The van der Waals surface area contributed by atoms with Gasteiger partial charge in [0.05, 0.1) is 16.2 Å². The van der Waals surface area contributed by atoms with Crippen LogP contribution in [0.4, 0.5) is 11.7 Å². The number of halogens is 1. The molecule has 3 heterocycles. The molecule has 0 radical (unpaired) electrons. The minimum Gasteiger partial charge on any atom is -0.402 e. The van der Waals surface area contributed by atoms with Crippen molar-refractivity contribution >= 4 is 57.6 Å². The molecule has 8 nitrogen and oxygen atoms in total. The van der Waals surface area contributed by atoms with E-state index in [-0.39, 0.29) is 27.9 Å². The molecule has 0 saturated carbocycles. The fourth-order valence-electron chi connectivity index (χ4n) is 3.18. The standard InChI is InChI=1S/C20H12ClN5O3S/c1-26-13-5-3-2-4-12(13)14(18(26)28)15-16(27)22-20(30-15)23-19-25-24-17(29-19)10-6-8-11(21)9-7-10/h2-9H,1H3,(H,22,23,25,27)/b15-14+. The molecule has 2 aromatic carbocycles. The summed E-state index contributed by atoms with van der Waals surface area (Å²) >= 11 is 6.95. The lowest BCUT2D eigenvalue weighted by Crippen LogP contribution is -2.23. The fraction of sp³-hybridized carbons (Fsp3) is 0.0500. The van der Waals surface area contributed by atoms with Crippen molar-refractivity contribution in [3.05, 3.63) is 64.0 Å². The Morgan fingerprint density at radius 3 is 2.67 bits per heavy atom. The average Bonchev–Trinajstić information content (AvgIpc) is 3.41. The van der Waals surface area contributed by atoms with Crippen molar-refractivity contribution in [2.45, 2.75) is 0 Å². The quantitative estimate of drug-likeness (QED) is 0.614. The van der Waals surface area contributed by atoms with E-state index >= 15 is 0 Å². The number of fused-ring (bicyclic) bond motifs is 1. The molecule has 1 fully saturated rings. The van der Waals surface area contributed by atoms with Crippen molar-refractivity contribution in [2.24, 2.45) is 4.99 Å². The van der Waals surface area contributed by atoms with Crippen LogP contribution in [0, 0.1) is 0 Å². The van der Waals surface area contributed by atoms with Gasteiger partial charge in [0.2, 0.25) is 5.89 Å². The zero-order valence-electron chi connectivity index (χ0n) is 15.4. The lowest BCUT2D eigenvalue weighted by Gasteiger charge is -2.08. The number of carbonyl (C=O) groups is 2. The van der Waals surface area contributed by atoms with E-state index in [4.69, 9.17) is 16.0 Å². The van der Waals surface area contributed by atoms with Gasteiger partial charge in [0.15, 0.2) is 5.17 Å². The summed E-state index contributed by atoms with van der Waals surface area (Å²) < 4.78 is 5.55. The number of amidine groups is 1. The first kappa shape index (κ1) is 18.6. The fourth-order valence-corrected chi connectivity index (χ4v) is 4.21. The second-order valence-corrected chi connectivity index (χ2v) is 7.89. The molecule has 1 aromatic heterocycles. The second-order valence-electron chi connectivity index (χ2n) is 6.46. The maximum absolute atomic E-state index is 12.7. The SMILES string of the molecule is CN1C(=O)/C(=C2/S/C(=N/c3nnc(-c4ccc(Cl)cc4)o3)NC2=O)c2ccccc21. The van der Waals surface area contributed by atoms with Crippen molar-refractivity contribution in [3.63, 3.8) is 0 Å². The Kier molecular flexibility index (Phi) is 4.41. The summed E-state index contributed by atoms with van der Waals surface area (Å²) in [6, 6.07) is 14.2. The number of aliphatic imine (C=N–C) groups is 1. The molecule has 0 bridgehead atoms. The van der Waals surface area contributed by atoms with Crippen molar-refractivity contribution in [2.75, 3.05) is 11.9 Å². The number of hydrogen-bond donors (Lipinski definition) is 1. The van der Waals surface area contributed by atoms with Gasteiger partial charge in [-0.15, -0.1) is 5.10 Å². The minimum atomic E-state index is -0.398. The van der Waals surface area contributed by atoms with Gasteiger partial charge in [0.25, 0.3) is 11.8 Å². The van der Waals surface area contributed by atoms with Crippen LogP contribution in [0.25, 0.3) is 17.0 Å². The molecule has 2 aliphatic heterocycles. The summed E-state index contributed by atoms with van der Waals surface area (Å²) in [5.41, 5.74) is 2.52. The predicted octanol–water partition coefficient (Wildman–Crippen LogP) is 3.63. The highest BCUT2D eigenvalue weighted by Gasteiger charge is 2.37. The number of likely N-dealkylation sites (N-methyl/N-ethyl adjacent to an activating group) is 1. The van der Waals surface area contributed by atoms with Crippen LogP contribution < -0.4 is 10.2 Å². The Hall–Kier alpha value is -3.43. The van der Waals surface area contributed by atoms with Crippen molar-refractivity contribution in [1.82, 2.24) is 15.5 Å². The van der Waals surface area contributed by atoms with Crippen LogP contribution in [0.1, 0.15) is 5.56 Å². The average molecular weight is 438 g/mol. The van der Waals surface area contributed by atoms with E-state index in [0.29, 0.717) is 21.7 Å². The number of amides is 2. The molecule has 148 valence electrons. The van der Waals surface area contributed by atoms with Crippen molar-refractivity contribution in [3.8, 4) is 11.5 Å². The van der Waals surface area contributed by atoms with E-state index in [1.807, 2.05) is 24.3 Å². The number of para-hydroxylation sites is 1. The molecule has 1 N–H and O–H groups in total. The first-order valence-electron chi connectivity index (χ1n) is 8.80. The van der Waals surface area contributed by atoms with Gasteiger partial charge in [-0.1, -0.05) is 34.9 Å². The summed E-state index contributed by atoms with van der Waals surface area (Å²) in [6.45, 7) is 0. The van der Waals surface area contributed by atoms with Crippen LogP contribution in [0.2, 0.25) is 5.02 Å². The highest BCUT2D eigenvalue weighted by molar-refractivity contribution is 8.18. The largest absolute Gasteiger partial charge is 0.402 e. The minimum absolute atomic E-state index is 0.00994. The first-order valence-corrected chi connectivity index (χ1v) is 10.00. The molecule has 0 unspecified atom stereocenters. The Morgan fingerprint density at radius 2 is 1.87 bits per heavy atom. The van der Waals surface area contributed by atoms with Gasteiger partial charge in [-0.3, -0.25) is 9.59 Å². The molecule has 0 spiro atoms. The molecule has 10 heteroatoms. The van der Waals surface area contributed by atoms with Crippen LogP contribution in [-0.4, -0.2) is 34.2 Å². The summed E-state index contributed by atoms with van der Waals surface area (Å²) in [5.74, 6) is -0.358. The Labute approximate surface area is 179 Å². The van der Waals surface area contributed by atoms with E-state index in [0.717, 1.165) is 17.4 Å². The third-order valence-corrected chi connectivity index (χ3v) is 5.84. The maximum atomic E-state index is 12.7. The van der Waals surface area contributed by atoms with E-state index < -0.39 is 5.91 Å². The molecule has 0 aliphatic carbocycles. The van der Waals surface area contributed by atoms with Crippen LogP contribution in [0.3, 0.4) is 0 Å². The second kappa shape index (κ2) is 7.12. The van der Waals surface area contributed by atoms with Gasteiger partial charge in [0.1, 0.15) is 0 Å². The molecule has 2 amide bonds. The molecule has 5 rings (SSSR count). The number of benzene rings is 2. The number of rotatable bonds is 2. The number of carbonyl (C=O) groups excluding carboxylic acids is 2. The molecule has 2 aliphatic rings. The number of aromatic nitrogens is 2. The monoisotopic (exact) mass is 437 g/mol. The number of thioether (sulfide) groups is 1. The maximum Gasteiger partial charge on any atom is 0.345 e. The Balaban J connectivity index is 1.46. The molecular formula is C20H12ClN5O3S. The molecule has 3 aromatic rings. The lowest BCUT2D eigenvalue weighted by atomic mass is 10.1. The Morgan fingerprint density at radius 1 is 1.10 bits per heavy atom. The van der Waals surface area contributed by atoms with Gasteiger partial charge < -0.3 is 14.6 Å². The van der Waals surface area contributed by atoms with E-state index in [1.165, 1.54) is 4.90 Å².